The van der Waals surface area contributed by atoms with Crippen molar-refractivity contribution in [3.8, 4) is 33.6 Å². The van der Waals surface area contributed by atoms with Crippen LogP contribution in [0.25, 0.3) is 76.9 Å². The summed E-state index contributed by atoms with van der Waals surface area (Å²) in [6.45, 7) is 0. The van der Waals surface area contributed by atoms with E-state index in [0.29, 0.717) is 0 Å². The van der Waals surface area contributed by atoms with Crippen molar-refractivity contribution in [2.75, 3.05) is 4.90 Å². The van der Waals surface area contributed by atoms with Crippen LogP contribution in [-0.4, -0.2) is 0 Å². The Kier molecular flexibility index (Phi) is 7.18. The molecule has 0 bridgehead atoms. The Bertz CT molecular complexity index is 2840. The van der Waals surface area contributed by atoms with E-state index in [2.05, 4.69) is 205 Å². The predicted molar refractivity (Wildman–Crippen MR) is 220 cm³/mol. The molecule has 0 atom stereocenters. The van der Waals surface area contributed by atoms with Crippen LogP contribution in [0.5, 0.6) is 0 Å². The van der Waals surface area contributed by atoms with Crippen LogP contribution in [0.2, 0.25) is 0 Å². The van der Waals surface area contributed by atoms with E-state index in [4.69, 9.17) is 4.42 Å². The largest absolute Gasteiger partial charge is 0.455 e. The van der Waals surface area contributed by atoms with Gasteiger partial charge in [-0.05, 0) is 74.6 Å². The smallest absolute Gasteiger partial charge is 0.143 e. The molecule has 1 heterocycles. The lowest BCUT2D eigenvalue weighted by atomic mass is 9.90. The van der Waals surface area contributed by atoms with Gasteiger partial charge in [0.05, 0.1) is 5.69 Å². The predicted octanol–water partition coefficient (Wildman–Crippen LogP) is 14.4. The summed E-state index contributed by atoms with van der Waals surface area (Å²) < 4.78 is 7.08. The third kappa shape index (κ3) is 4.88. The van der Waals surface area contributed by atoms with E-state index in [1.54, 1.807) is 0 Å². The first kappa shape index (κ1) is 30.0. The van der Waals surface area contributed by atoms with E-state index < -0.39 is 0 Å². The van der Waals surface area contributed by atoms with Crippen molar-refractivity contribution in [3.05, 3.63) is 200 Å². The standard InChI is InChI=1S/C50H33NO/c1-5-17-34(18-6-1)47-48-44-28-16-14-26-41(44)42-30-29-36(33-45(42)50(48)52-49(47)35-19-7-2-8-20-35)39-31-32-46(43-27-15-13-25-40(39)43)51(37-21-9-3-10-22-37)38-23-11-4-12-24-38/h1-33H. The molecule has 1 aromatic heterocycles. The molecule has 0 aliphatic heterocycles. The number of fused-ring (bicyclic) bond motifs is 7. The monoisotopic (exact) mass is 663 g/mol. The lowest BCUT2D eigenvalue weighted by Crippen LogP contribution is -2.10. The van der Waals surface area contributed by atoms with E-state index >= 15 is 0 Å². The molecule has 0 aliphatic rings. The number of hydrogen-bond acceptors (Lipinski definition) is 2. The molecule has 0 amide bonds. The number of furan rings is 1. The molecule has 0 radical (unpaired) electrons. The topological polar surface area (TPSA) is 16.4 Å². The zero-order valence-corrected chi connectivity index (χ0v) is 28.4. The highest BCUT2D eigenvalue weighted by Crippen LogP contribution is 2.48. The second-order valence-corrected chi connectivity index (χ2v) is 13.2. The average Bonchev–Trinajstić information content (AvgIpc) is 3.64. The van der Waals surface area contributed by atoms with Gasteiger partial charge in [0.2, 0.25) is 0 Å². The Balaban J connectivity index is 1.24. The molecular formula is C50H33NO. The Morgan fingerprint density at radius 1 is 0.346 bits per heavy atom. The van der Waals surface area contributed by atoms with E-state index in [1.165, 1.54) is 32.5 Å². The number of para-hydroxylation sites is 2. The van der Waals surface area contributed by atoms with Crippen molar-refractivity contribution in [2.24, 2.45) is 0 Å². The number of hydrogen-bond donors (Lipinski definition) is 0. The Morgan fingerprint density at radius 2 is 0.865 bits per heavy atom. The van der Waals surface area contributed by atoms with E-state index in [1.807, 2.05) is 0 Å². The van der Waals surface area contributed by atoms with Crippen LogP contribution in [-0.2, 0) is 0 Å². The van der Waals surface area contributed by atoms with Gasteiger partial charge in [-0.15, -0.1) is 0 Å². The lowest BCUT2D eigenvalue weighted by Gasteiger charge is -2.27. The van der Waals surface area contributed by atoms with Crippen molar-refractivity contribution in [3.63, 3.8) is 0 Å². The molecule has 0 aliphatic carbocycles. The molecule has 52 heavy (non-hydrogen) atoms. The Labute approximate surface area is 302 Å². The highest BCUT2D eigenvalue weighted by atomic mass is 16.3. The maximum atomic E-state index is 7.08. The third-order valence-corrected chi connectivity index (χ3v) is 10.2. The van der Waals surface area contributed by atoms with Crippen molar-refractivity contribution in [1.29, 1.82) is 0 Å². The second-order valence-electron chi connectivity index (χ2n) is 13.2. The Hall–Kier alpha value is -6.90. The van der Waals surface area contributed by atoms with Crippen LogP contribution in [0.15, 0.2) is 205 Å². The molecule has 0 saturated carbocycles. The zero-order valence-electron chi connectivity index (χ0n) is 28.4. The minimum Gasteiger partial charge on any atom is -0.455 e. The molecule has 0 fully saturated rings. The van der Waals surface area contributed by atoms with Crippen molar-refractivity contribution in [2.45, 2.75) is 0 Å². The molecule has 244 valence electrons. The normalized spacial score (nSPS) is 11.5. The molecule has 10 rings (SSSR count). The van der Waals surface area contributed by atoms with Gasteiger partial charge in [-0.25, -0.2) is 0 Å². The SMILES string of the molecule is c1ccc(-c2oc3c4cc(-c5ccc(N(c6ccccc6)c6ccccc6)c6ccccc56)ccc4c4ccccc4c3c2-c2ccccc2)cc1. The van der Waals surface area contributed by atoms with Gasteiger partial charge in [-0.3, -0.25) is 0 Å². The highest BCUT2D eigenvalue weighted by Gasteiger charge is 2.23. The zero-order chi connectivity index (χ0) is 34.4. The first-order valence-corrected chi connectivity index (χ1v) is 17.8. The summed E-state index contributed by atoms with van der Waals surface area (Å²) in [5.41, 5.74) is 9.95. The van der Waals surface area contributed by atoms with Crippen LogP contribution >= 0.6 is 0 Å². The highest BCUT2D eigenvalue weighted by molar-refractivity contribution is 6.29. The summed E-state index contributed by atoms with van der Waals surface area (Å²) in [5.74, 6) is 0.890. The molecule has 2 nitrogen and oxygen atoms in total. The number of anilines is 3. The van der Waals surface area contributed by atoms with Crippen molar-refractivity contribution >= 4 is 60.3 Å². The molecule has 0 spiro atoms. The summed E-state index contributed by atoms with van der Waals surface area (Å²) in [7, 11) is 0. The van der Waals surface area contributed by atoms with Crippen LogP contribution in [0.1, 0.15) is 0 Å². The maximum Gasteiger partial charge on any atom is 0.143 e. The first-order chi connectivity index (χ1) is 25.8. The number of benzene rings is 9. The Morgan fingerprint density at radius 3 is 1.52 bits per heavy atom. The van der Waals surface area contributed by atoms with Gasteiger partial charge in [0.15, 0.2) is 0 Å². The number of nitrogens with zero attached hydrogens (tertiary/aromatic N) is 1. The van der Waals surface area contributed by atoms with Gasteiger partial charge in [0.25, 0.3) is 0 Å². The molecule has 10 aromatic rings. The molecule has 0 unspecified atom stereocenters. The van der Waals surface area contributed by atoms with Crippen LogP contribution in [0.3, 0.4) is 0 Å². The van der Waals surface area contributed by atoms with Gasteiger partial charge in [0, 0.05) is 38.7 Å². The molecule has 2 heteroatoms. The number of rotatable bonds is 6. The second kappa shape index (κ2) is 12.5. The van der Waals surface area contributed by atoms with Gasteiger partial charge in [-0.1, -0.05) is 164 Å². The van der Waals surface area contributed by atoms with Crippen LogP contribution in [0, 0.1) is 0 Å². The van der Waals surface area contributed by atoms with Crippen molar-refractivity contribution < 1.29 is 4.42 Å². The minimum atomic E-state index is 0.890. The quantitative estimate of drug-likeness (QED) is 0.165. The fourth-order valence-corrected chi connectivity index (χ4v) is 7.93. The van der Waals surface area contributed by atoms with E-state index in [-0.39, 0.29) is 0 Å². The molecular weight excluding hydrogens is 631 g/mol. The van der Waals surface area contributed by atoms with Crippen LogP contribution in [0.4, 0.5) is 17.1 Å². The van der Waals surface area contributed by atoms with E-state index in [9.17, 15) is 0 Å². The summed E-state index contributed by atoms with van der Waals surface area (Å²) in [5, 5.41) is 8.23. The molecule has 0 N–H and O–H groups in total. The van der Waals surface area contributed by atoms with E-state index in [0.717, 1.165) is 61.4 Å². The summed E-state index contributed by atoms with van der Waals surface area (Å²) in [6, 6.07) is 71.3. The summed E-state index contributed by atoms with van der Waals surface area (Å²) >= 11 is 0. The fraction of sp³-hybridized carbons (Fsp3) is 0. The maximum absolute atomic E-state index is 7.08. The first-order valence-electron chi connectivity index (χ1n) is 17.8. The van der Waals surface area contributed by atoms with Crippen molar-refractivity contribution in [1.82, 2.24) is 0 Å². The van der Waals surface area contributed by atoms with Gasteiger partial charge in [0.1, 0.15) is 11.3 Å². The molecule has 9 aromatic carbocycles. The summed E-state index contributed by atoms with van der Waals surface area (Å²) in [6.07, 6.45) is 0. The average molecular weight is 664 g/mol. The van der Waals surface area contributed by atoms with Gasteiger partial charge in [-0.2, -0.15) is 0 Å². The van der Waals surface area contributed by atoms with Crippen LogP contribution < -0.4 is 4.90 Å². The molecule has 0 saturated heterocycles. The third-order valence-electron chi connectivity index (χ3n) is 10.2. The fourth-order valence-electron chi connectivity index (χ4n) is 7.93. The van der Waals surface area contributed by atoms with Gasteiger partial charge >= 0.3 is 0 Å². The lowest BCUT2D eigenvalue weighted by molar-refractivity contribution is 0.636. The minimum absolute atomic E-state index is 0.890. The van der Waals surface area contributed by atoms with Gasteiger partial charge < -0.3 is 9.32 Å². The summed E-state index contributed by atoms with van der Waals surface area (Å²) in [4.78, 5) is 2.35.